The summed E-state index contributed by atoms with van der Waals surface area (Å²) in [6, 6.07) is 71.5. The highest BCUT2D eigenvalue weighted by atomic mass is 19.1. The molecule has 0 bridgehead atoms. The van der Waals surface area contributed by atoms with Crippen molar-refractivity contribution in [3.8, 4) is 79.3 Å². The van der Waals surface area contributed by atoms with Crippen LogP contribution in [0.15, 0.2) is 253 Å². The van der Waals surface area contributed by atoms with Gasteiger partial charge in [-0.15, -0.1) is 0 Å². The number of nitriles is 2. The number of fused-ring (bicyclic) bond motifs is 4. The van der Waals surface area contributed by atoms with Gasteiger partial charge in [-0.1, -0.05) is 155 Å². The normalized spacial score (nSPS) is 11.1. The molecule has 16 rings (SSSR count). The Kier molecular flexibility index (Phi) is 34.7. The molecule has 19 nitrogen and oxygen atoms in total. The standard InChI is InChI=1S/C28H25FO2.C27H24FNO2.C20H18FNO2.C19H16FNO2.2C13H14N2O2/c1-5-19-7-6-16(2)26(17(19)3)21-10-8-20(9-11-21)24-14-22-12-13-23(29)15-25(22)27(18(24)4)28(30)31;1-5-18-7-6-15(2)24(16(18)3)19-8-10-20(11-9-19)26-17(4)25(27(30)31)22-14-21(28)12-13-23(22)29-26;1-4-13-9-14(6-5-11(13)2)19-12(3)18(20(23)24)16-10-15(21)7-8-17(16)22-19;1-3-12-4-6-13(7-5-12)18-11(2)17(19(22)23)15-10-14(20)8-9-16(15)21-18;2*1-8-4-5-11(6-9(8)2)15-13(17)12(7-14)10(3)16/h6-15H,5H2,1-4H3,(H,30,31);6-14H,5H2,1-4H3,(H,30,31);5-10H,4H2,1-3H3,(H,23,24);4-10H,3H2,1-2H3,(H,22,23);2*4-6,16H,1-3H3,(H,15,17)/b;;;;2*12-10-. The molecule has 0 aliphatic carbocycles. The van der Waals surface area contributed by atoms with Gasteiger partial charge in [-0.25, -0.2) is 51.7 Å². The van der Waals surface area contributed by atoms with Gasteiger partial charge in [0.2, 0.25) is 0 Å². The molecule has 0 spiro atoms. The highest BCUT2D eigenvalue weighted by Crippen LogP contribution is 2.41. The molecule has 3 heterocycles. The maximum Gasteiger partial charge on any atom is 0.336 e. The Hall–Kier alpha value is -17.1. The third-order valence-corrected chi connectivity index (χ3v) is 25.6. The van der Waals surface area contributed by atoms with Crippen LogP contribution in [0.3, 0.4) is 0 Å². The van der Waals surface area contributed by atoms with E-state index in [1.165, 1.54) is 142 Å². The minimum Gasteiger partial charge on any atom is -0.511 e. The van der Waals surface area contributed by atoms with Gasteiger partial charge in [-0.2, -0.15) is 10.5 Å². The van der Waals surface area contributed by atoms with Crippen molar-refractivity contribution in [3.63, 3.8) is 0 Å². The summed E-state index contributed by atoms with van der Waals surface area (Å²) in [5, 5.41) is 81.7. The fourth-order valence-corrected chi connectivity index (χ4v) is 17.5. The van der Waals surface area contributed by atoms with Gasteiger partial charge in [-0.3, -0.25) is 9.59 Å². The van der Waals surface area contributed by atoms with Crippen LogP contribution in [0.1, 0.15) is 178 Å². The van der Waals surface area contributed by atoms with E-state index in [-0.39, 0.29) is 44.9 Å². The van der Waals surface area contributed by atoms with E-state index in [4.69, 9.17) is 20.7 Å². The van der Waals surface area contributed by atoms with Gasteiger partial charge < -0.3 is 41.3 Å². The number of aryl methyl sites for hydroxylation is 11. The number of pyridine rings is 3. The number of halogens is 4. The second-order valence-corrected chi connectivity index (χ2v) is 35.0. The molecule has 0 radical (unpaired) electrons. The molecule has 726 valence electrons. The van der Waals surface area contributed by atoms with Crippen LogP contribution < -0.4 is 10.6 Å². The van der Waals surface area contributed by atoms with Gasteiger partial charge in [0.1, 0.15) is 46.9 Å². The Morgan fingerprint density at radius 2 is 0.615 bits per heavy atom. The number of anilines is 2. The number of carbonyl (C=O) groups is 6. The number of rotatable bonds is 18. The predicted octanol–water partition coefficient (Wildman–Crippen LogP) is 29.1. The molecule has 0 unspecified atom stereocenters. The van der Waals surface area contributed by atoms with E-state index in [2.05, 4.69) is 136 Å². The van der Waals surface area contributed by atoms with Crippen molar-refractivity contribution in [2.24, 2.45) is 0 Å². The molecule has 0 fully saturated rings. The van der Waals surface area contributed by atoms with E-state index in [0.29, 0.717) is 94.2 Å². The molecule has 16 aromatic rings. The Labute approximate surface area is 828 Å². The highest BCUT2D eigenvalue weighted by Gasteiger charge is 2.26. The van der Waals surface area contributed by atoms with E-state index in [0.717, 1.165) is 86.9 Å². The minimum absolute atomic E-state index is 0.0888. The molecule has 0 saturated heterocycles. The molecule has 0 atom stereocenters. The zero-order valence-corrected chi connectivity index (χ0v) is 83.1. The predicted molar refractivity (Wildman–Crippen MR) is 561 cm³/mol. The Morgan fingerprint density at radius 3 is 0.958 bits per heavy atom. The van der Waals surface area contributed by atoms with Gasteiger partial charge in [0.05, 0.1) is 55.9 Å². The van der Waals surface area contributed by atoms with Crippen LogP contribution in [-0.2, 0) is 35.3 Å². The van der Waals surface area contributed by atoms with Gasteiger partial charge >= 0.3 is 23.9 Å². The fourth-order valence-electron chi connectivity index (χ4n) is 17.5. The second-order valence-electron chi connectivity index (χ2n) is 35.0. The summed E-state index contributed by atoms with van der Waals surface area (Å²) in [6.07, 6.45) is 3.80. The maximum atomic E-state index is 13.8. The van der Waals surface area contributed by atoms with Crippen LogP contribution in [0, 0.1) is 136 Å². The van der Waals surface area contributed by atoms with E-state index in [9.17, 15) is 66.8 Å². The second kappa shape index (κ2) is 46.6. The third kappa shape index (κ3) is 24.4. The van der Waals surface area contributed by atoms with Gasteiger partial charge in [0.15, 0.2) is 11.1 Å². The number of hydrogen-bond donors (Lipinski definition) is 8. The Balaban J connectivity index is 0.000000166. The summed E-state index contributed by atoms with van der Waals surface area (Å²) >= 11 is 0. The molecular formula is C120H111F4N7O12. The van der Waals surface area contributed by atoms with E-state index < -0.39 is 59.0 Å². The number of benzene rings is 13. The zero-order chi connectivity index (χ0) is 105. The van der Waals surface area contributed by atoms with Crippen molar-refractivity contribution in [1.29, 1.82) is 10.5 Å². The van der Waals surface area contributed by atoms with E-state index in [1.54, 1.807) is 58.0 Å². The summed E-state index contributed by atoms with van der Waals surface area (Å²) < 4.78 is 54.6. The number of aliphatic hydroxyl groups excluding tert-OH is 2. The molecule has 2 amide bonds. The van der Waals surface area contributed by atoms with Crippen molar-refractivity contribution in [1.82, 2.24) is 15.0 Å². The number of nitrogens with one attached hydrogen (secondary N) is 2. The number of aromatic nitrogens is 3. The first kappa shape index (κ1) is 106. The van der Waals surface area contributed by atoms with Crippen LogP contribution in [0.4, 0.5) is 28.9 Å². The van der Waals surface area contributed by atoms with E-state index >= 15 is 0 Å². The summed E-state index contributed by atoms with van der Waals surface area (Å²) in [5.74, 6) is -7.91. The number of amides is 2. The van der Waals surface area contributed by atoms with Crippen LogP contribution in [0.25, 0.3) is 111 Å². The third-order valence-electron chi connectivity index (χ3n) is 25.6. The maximum absolute atomic E-state index is 13.8. The van der Waals surface area contributed by atoms with Crippen LogP contribution >= 0.6 is 0 Å². The average Bonchev–Trinajstić information content (AvgIpc) is 0.773. The lowest BCUT2D eigenvalue weighted by Crippen LogP contribution is -2.15. The topological polar surface area (TPSA) is 334 Å². The van der Waals surface area contributed by atoms with Crippen LogP contribution in [0.2, 0.25) is 0 Å². The van der Waals surface area contributed by atoms with Gasteiger partial charge in [0.25, 0.3) is 11.8 Å². The first-order valence-corrected chi connectivity index (χ1v) is 46.4. The summed E-state index contributed by atoms with van der Waals surface area (Å²) in [7, 11) is 0. The molecule has 13 aromatic carbocycles. The zero-order valence-electron chi connectivity index (χ0n) is 83.1. The molecular weight excluding hydrogens is 1810 g/mol. The average molecular weight is 1920 g/mol. The lowest BCUT2D eigenvalue weighted by Gasteiger charge is -2.16. The summed E-state index contributed by atoms with van der Waals surface area (Å²) in [4.78, 5) is 84.5. The molecule has 0 aliphatic heterocycles. The minimum atomic E-state index is -1.09. The lowest BCUT2D eigenvalue weighted by atomic mass is 9.88. The Morgan fingerprint density at radius 1 is 0.301 bits per heavy atom. The molecule has 8 N–H and O–H groups in total. The Bertz CT molecular complexity index is 7580. The lowest BCUT2D eigenvalue weighted by molar-refractivity contribution is -0.113. The molecule has 23 heteroatoms. The summed E-state index contributed by atoms with van der Waals surface area (Å²) in [6.45, 7) is 36.5. The monoisotopic (exact) mass is 1920 g/mol. The van der Waals surface area contributed by atoms with Crippen LogP contribution in [-0.4, -0.2) is 81.3 Å². The van der Waals surface area contributed by atoms with Crippen molar-refractivity contribution >= 4 is 90.5 Å². The smallest absolute Gasteiger partial charge is 0.336 e. The number of allylic oxidation sites excluding steroid dienone is 2. The molecule has 3 aromatic heterocycles. The summed E-state index contributed by atoms with van der Waals surface area (Å²) in [5.41, 5.74) is 31.4. The number of carbonyl (C=O) groups excluding carboxylic acids is 2. The number of aromatic carboxylic acids is 4. The van der Waals surface area contributed by atoms with Crippen molar-refractivity contribution in [2.75, 3.05) is 10.6 Å². The quantitative estimate of drug-likeness (QED) is 0.0171. The number of aliphatic hydroxyl groups is 2. The number of carboxylic acid groups (broad SMARTS) is 4. The van der Waals surface area contributed by atoms with Gasteiger partial charge in [-0.05, 0) is 371 Å². The van der Waals surface area contributed by atoms with E-state index in [1.807, 2.05) is 125 Å². The van der Waals surface area contributed by atoms with Crippen molar-refractivity contribution < 1.29 is 77.0 Å². The largest absolute Gasteiger partial charge is 0.511 e. The first-order valence-electron chi connectivity index (χ1n) is 46.4. The highest BCUT2D eigenvalue weighted by molar-refractivity contribution is 6.11. The number of carboxylic acids is 4. The SMILES string of the molecule is C/C(O)=C(\C#N)C(=O)Nc1ccc(C)c(C)c1.C/C(O)=C(\C#N)C(=O)Nc1ccc(C)c(C)c1.CCc1cc(-c2nc3ccc(F)cc3c(C(=O)O)c2C)ccc1C.CCc1ccc(-c2nc3ccc(F)cc3c(C(=O)O)c2C)cc1.CCc1ccc(C)c(-c2ccc(-c3cc4ccc(F)cc4c(C(=O)O)c3C)cc2)c1C.CCc1ccc(C)c(-c2ccc(-c3nc4ccc(F)cc4c(C(=O)O)c3C)cc2)c1C. The van der Waals surface area contributed by atoms with Crippen molar-refractivity contribution in [2.45, 2.75) is 157 Å². The first-order chi connectivity index (χ1) is 68.0. The van der Waals surface area contributed by atoms with Crippen LogP contribution in [0.5, 0.6) is 0 Å². The fraction of sp³-hybridized carbons (Fsp3) is 0.192. The molecule has 0 saturated carbocycles. The number of nitrogens with zero attached hydrogens (tertiary/aromatic N) is 5. The molecule has 143 heavy (non-hydrogen) atoms. The van der Waals surface area contributed by atoms with Gasteiger partial charge in [0, 0.05) is 44.2 Å². The number of hydrogen-bond acceptors (Lipinski definition) is 13. The molecule has 0 aliphatic rings. The van der Waals surface area contributed by atoms with Crippen molar-refractivity contribution in [3.05, 3.63) is 393 Å².